The van der Waals surface area contributed by atoms with Crippen molar-refractivity contribution in [3.8, 4) is 0 Å². The van der Waals surface area contributed by atoms with E-state index in [4.69, 9.17) is 16.7 Å². The van der Waals surface area contributed by atoms with E-state index in [0.717, 1.165) is 10.4 Å². The number of hydrogen-bond donors (Lipinski definition) is 1. The lowest BCUT2D eigenvalue weighted by atomic mass is 10.2. The van der Waals surface area contributed by atoms with Crippen molar-refractivity contribution in [1.82, 2.24) is 4.31 Å². The molecule has 0 saturated heterocycles. The van der Waals surface area contributed by atoms with Crippen LogP contribution in [0.25, 0.3) is 0 Å². The maximum Gasteiger partial charge on any atom is 0.246 e. The number of halogens is 2. The van der Waals surface area contributed by atoms with Gasteiger partial charge >= 0.3 is 0 Å². The number of alkyl halides is 1. The predicted molar refractivity (Wildman–Crippen MR) is 101 cm³/mol. The maximum atomic E-state index is 13.3. The smallest absolute Gasteiger partial charge is 0.246 e. The standard InChI is InChI=1S/C16H19ClFN3O4S2/c17-12-3-1-7-20(11-12)15-6-5-14(26(19,22)23)9-16(15)27(24,25)21-8-2-4-13(21)10-18/h2-6,9,13H,1,7-8,10-11H2,(H2,19,22,23). The molecule has 7 nitrogen and oxygen atoms in total. The number of nitrogens with two attached hydrogens (primary N) is 1. The zero-order valence-corrected chi connectivity index (χ0v) is 16.6. The van der Waals surface area contributed by atoms with Crippen LogP contribution in [0.15, 0.2) is 51.3 Å². The molecule has 0 spiro atoms. The summed E-state index contributed by atoms with van der Waals surface area (Å²) < 4.78 is 64.2. The molecule has 1 aromatic rings. The fourth-order valence-corrected chi connectivity index (χ4v) is 5.76. The van der Waals surface area contributed by atoms with Crippen molar-refractivity contribution in [2.75, 3.05) is 31.2 Å². The molecule has 2 aliphatic rings. The van der Waals surface area contributed by atoms with E-state index >= 15 is 0 Å². The molecule has 0 fully saturated rings. The average Bonchev–Trinajstić information content (AvgIpc) is 3.10. The van der Waals surface area contributed by atoms with Gasteiger partial charge in [0.1, 0.15) is 11.6 Å². The van der Waals surface area contributed by atoms with Crippen molar-refractivity contribution < 1.29 is 21.2 Å². The van der Waals surface area contributed by atoms with Crippen LogP contribution in [0.2, 0.25) is 0 Å². The van der Waals surface area contributed by atoms with E-state index in [9.17, 15) is 21.2 Å². The summed E-state index contributed by atoms with van der Waals surface area (Å²) in [6, 6.07) is 2.76. The summed E-state index contributed by atoms with van der Waals surface area (Å²) in [7, 11) is -8.29. The third kappa shape index (κ3) is 4.04. The van der Waals surface area contributed by atoms with Crippen LogP contribution in [-0.2, 0) is 20.0 Å². The molecule has 148 valence electrons. The van der Waals surface area contributed by atoms with Gasteiger partial charge in [0.25, 0.3) is 0 Å². The number of rotatable bonds is 5. The van der Waals surface area contributed by atoms with E-state index in [1.807, 2.05) is 6.08 Å². The summed E-state index contributed by atoms with van der Waals surface area (Å²) in [5, 5.41) is 5.73. The molecular formula is C16H19ClFN3O4S2. The van der Waals surface area contributed by atoms with Gasteiger partial charge in [-0.15, -0.1) is 0 Å². The second kappa shape index (κ2) is 7.51. The predicted octanol–water partition coefficient (Wildman–Crippen LogP) is 1.57. The van der Waals surface area contributed by atoms with Gasteiger partial charge in [0.15, 0.2) is 0 Å². The Labute approximate surface area is 163 Å². The van der Waals surface area contributed by atoms with Crippen molar-refractivity contribution in [2.24, 2.45) is 5.14 Å². The Hall–Kier alpha value is -1.46. The minimum Gasteiger partial charge on any atom is -0.365 e. The Morgan fingerprint density at radius 3 is 2.63 bits per heavy atom. The summed E-state index contributed by atoms with van der Waals surface area (Å²) in [6.07, 6.45) is 5.49. The van der Waals surface area contributed by atoms with E-state index in [2.05, 4.69) is 0 Å². The zero-order chi connectivity index (χ0) is 19.8. The van der Waals surface area contributed by atoms with Crippen LogP contribution in [0.1, 0.15) is 6.42 Å². The molecule has 1 aromatic carbocycles. The molecule has 2 aliphatic heterocycles. The van der Waals surface area contributed by atoms with Crippen molar-refractivity contribution in [2.45, 2.75) is 22.3 Å². The Kier molecular flexibility index (Phi) is 5.64. The normalized spacial score (nSPS) is 21.5. The molecule has 0 aromatic heterocycles. The minimum atomic E-state index is -4.17. The lowest BCUT2D eigenvalue weighted by Gasteiger charge is -2.31. The molecule has 0 aliphatic carbocycles. The molecule has 0 saturated carbocycles. The van der Waals surface area contributed by atoms with Crippen LogP contribution < -0.4 is 10.0 Å². The van der Waals surface area contributed by atoms with Gasteiger partial charge in [0, 0.05) is 18.1 Å². The molecule has 2 N–H and O–H groups in total. The highest BCUT2D eigenvalue weighted by atomic mass is 35.5. The summed E-state index contributed by atoms with van der Waals surface area (Å²) in [4.78, 5) is 1.19. The quantitative estimate of drug-likeness (QED) is 0.707. The molecule has 0 amide bonds. The van der Waals surface area contributed by atoms with Crippen LogP contribution in [0.3, 0.4) is 0 Å². The molecule has 0 radical (unpaired) electrons. The lowest BCUT2D eigenvalue weighted by Crippen LogP contribution is -2.39. The summed E-state index contributed by atoms with van der Waals surface area (Å²) >= 11 is 6.09. The highest BCUT2D eigenvalue weighted by Crippen LogP contribution is 2.34. The third-order valence-corrected chi connectivity index (χ3v) is 7.57. The molecule has 1 unspecified atom stereocenters. The Morgan fingerprint density at radius 2 is 2.00 bits per heavy atom. The van der Waals surface area contributed by atoms with Gasteiger partial charge in [-0.2, -0.15) is 4.31 Å². The second-order valence-electron chi connectivity index (χ2n) is 6.26. The largest absolute Gasteiger partial charge is 0.365 e. The molecule has 1 atom stereocenters. The average molecular weight is 436 g/mol. The number of nitrogens with zero attached hydrogens (tertiary/aromatic N) is 2. The summed E-state index contributed by atoms with van der Waals surface area (Å²) in [5.41, 5.74) is 0.304. The first-order valence-electron chi connectivity index (χ1n) is 8.15. The number of hydrogen-bond acceptors (Lipinski definition) is 5. The highest BCUT2D eigenvalue weighted by Gasteiger charge is 2.35. The van der Waals surface area contributed by atoms with Gasteiger partial charge < -0.3 is 4.90 Å². The van der Waals surface area contributed by atoms with Gasteiger partial charge in [-0.25, -0.2) is 26.4 Å². The minimum absolute atomic E-state index is 0.0105. The van der Waals surface area contributed by atoms with Gasteiger partial charge in [-0.1, -0.05) is 29.8 Å². The number of benzene rings is 1. The first-order chi connectivity index (χ1) is 12.6. The zero-order valence-electron chi connectivity index (χ0n) is 14.3. The Morgan fingerprint density at radius 1 is 1.26 bits per heavy atom. The highest BCUT2D eigenvalue weighted by molar-refractivity contribution is 7.90. The van der Waals surface area contributed by atoms with Crippen LogP contribution in [-0.4, -0.2) is 53.5 Å². The Balaban J connectivity index is 2.14. The van der Waals surface area contributed by atoms with Gasteiger partial charge in [-0.3, -0.25) is 0 Å². The van der Waals surface area contributed by atoms with Crippen LogP contribution >= 0.6 is 11.6 Å². The third-order valence-electron chi connectivity index (χ3n) is 4.47. The molecule has 0 bridgehead atoms. The first kappa shape index (κ1) is 20.3. The van der Waals surface area contributed by atoms with Crippen molar-refractivity contribution in [3.63, 3.8) is 0 Å². The van der Waals surface area contributed by atoms with E-state index in [-0.39, 0.29) is 16.3 Å². The van der Waals surface area contributed by atoms with E-state index in [1.165, 1.54) is 18.2 Å². The van der Waals surface area contributed by atoms with Crippen LogP contribution in [0.5, 0.6) is 0 Å². The van der Waals surface area contributed by atoms with Crippen molar-refractivity contribution in [1.29, 1.82) is 0 Å². The van der Waals surface area contributed by atoms with E-state index in [1.54, 1.807) is 11.0 Å². The fourth-order valence-electron chi connectivity index (χ4n) is 3.13. The van der Waals surface area contributed by atoms with Crippen molar-refractivity contribution >= 4 is 37.3 Å². The fraction of sp³-hybridized carbons (Fsp3) is 0.375. The molecule has 11 heteroatoms. The van der Waals surface area contributed by atoms with Crippen LogP contribution in [0.4, 0.5) is 10.1 Å². The Bertz CT molecular complexity index is 1010. The first-order valence-corrected chi connectivity index (χ1v) is 11.5. The summed E-state index contributed by atoms with van der Waals surface area (Å²) in [6.45, 7) is -0.0588. The van der Waals surface area contributed by atoms with E-state index in [0.29, 0.717) is 30.2 Å². The molecule has 27 heavy (non-hydrogen) atoms. The van der Waals surface area contributed by atoms with Crippen LogP contribution in [0, 0.1) is 0 Å². The van der Waals surface area contributed by atoms with E-state index < -0.39 is 32.8 Å². The molecule has 2 heterocycles. The molecule has 3 rings (SSSR count). The van der Waals surface area contributed by atoms with Crippen molar-refractivity contribution in [3.05, 3.63) is 41.5 Å². The number of primary sulfonamides is 1. The SMILES string of the molecule is NS(=O)(=O)c1ccc(N2CCC=C(Cl)C2)c(S(=O)(=O)N2CC=CC2CF)c1. The summed E-state index contributed by atoms with van der Waals surface area (Å²) in [5.74, 6) is 0. The second-order valence-corrected chi connectivity index (χ2v) is 10.2. The lowest BCUT2D eigenvalue weighted by molar-refractivity contribution is 0.334. The number of anilines is 1. The van der Waals surface area contributed by atoms with Gasteiger partial charge in [-0.05, 0) is 24.6 Å². The number of sulfonamides is 2. The topological polar surface area (TPSA) is 101 Å². The molecular weight excluding hydrogens is 417 g/mol. The van der Waals surface area contributed by atoms with Gasteiger partial charge in [0.05, 0.1) is 23.2 Å². The maximum absolute atomic E-state index is 13.3. The monoisotopic (exact) mass is 435 g/mol. The van der Waals surface area contributed by atoms with Gasteiger partial charge in [0.2, 0.25) is 20.0 Å².